The summed E-state index contributed by atoms with van der Waals surface area (Å²) >= 11 is 0. The van der Waals surface area contributed by atoms with E-state index in [-0.39, 0.29) is 0 Å². The molecule has 0 radical (unpaired) electrons. The number of nitrogens with zero attached hydrogens (tertiary/aromatic N) is 1. The van der Waals surface area contributed by atoms with Crippen LogP contribution in [0.4, 0.5) is 0 Å². The minimum Gasteiger partial charge on any atom is -0.385 e. The molecule has 1 aromatic heterocycles. The first-order valence-electron chi connectivity index (χ1n) is 7.43. The van der Waals surface area contributed by atoms with Crippen LogP contribution in [-0.4, -0.2) is 15.3 Å². The summed E-state index contributed by atoms with van der Waals surface area (Å²) < 4.78 is 0. The summed E-state index contributed by atoms with van der Waals surface area (Å²) in [5.74, 6) is 0. The van der Waals surface area contributed by atoms with E-state index in [9.17, 15) is 5.11 Å². The van der Waals surface area contributed by atoms with E-state index in [1.165, 1.54) is 16.7 Å². The molecule has 21 heavy (non-hydrogen) atoms. The number of hydrogen-bond acceptors (Lipinski definition) is 2. The van der Waals surface area contributed by atoms with Gasteiger partial charge in [0.15, 0.2) is 0 Å². The summed E-state index contributed by atoms with van der Waals surface area (Å²) in [4.78, 5) is 0. The highest BCUT2D eigenvalue weighted by Crippen LogP contribution is 2.41. The van der Waals surface area contributed by atoms with E-state index in [2.05, 4.69) is 53.5 Å². The number of hydrogen-bond donors (Lipinski definition) is 2. The maximum absolute atomic E-state index is 10.4. The Balaban J connectivity index is 1.76. The van der Waals surface area contributed by atoms with Crippen molar-refractivity contribution >= 4 is 10.9 Å². The van der Waals surface area contributed by atoms with Crippen LogP contribution in [0.2, 0.25) is 0 Å². The van der Waals surface area contributed by atoms with Crippen molar-refractivity contribution < 1.29 is 5.11 Å². The van der Waals surface area contributed by atoms with Gasteiger partial charge in [0.1, 0.15) is 0 Å². The van der Waals surface area contributed by atoms with Crippen molar-refractivity contribution in [1.82, 2.24) is 10.2 Å². The fourth-order valence-corrected chi connectivity index (χ4v) is 3.17. The average Bonchev–Trinajstić information content (AvgIpc) is 2.91. The first kappa shape index (κ1) is 12.6. The second-order valence-corrected chi connectivity index (χ2v) is 6.09. The molecule has 0 saturated heterocycles. The van der Waals surface area contributed by atoms with E-state index < -0.39 is 5.60 Å². The van der Waals surface area contributed by atoms with Gasteiger partial charge in [-0.25, -0.2) is 0 Å². The Morgan fingerprint density at radius 3 is 2.57 bits per heavy atom. The summed E-state index contributed by atoms with van der Waals surface area (Å²) in [7, 11) is 0. The molecule has 2 aromatic carbocycles. The third-order valence-corrected chi connectivity index (χ3v) is 4.70. The fourth-order valence-electron chi connectivity index (χ4n) is 3.17. The number of H-pyrrole nitrogens is 1. The van der Waals surface area contributed by atoms with Gasteiger partial charge in [-0.05, 0) is 60.6 Å². The van der Waals surface area contributed by atoms with Crippen molar-refractivity contribution in [2.75, 3.05) is 0 Å². The second kappa shape index (κ2) is 4.43. The van der Waals surface area contributed by atoms with Crippen LogP contribution in [0.25, 0.3) is 22.0 Å². The van der Waals surface area contributed by atoms with Gasteiger partial charge in [0.25, 0.3) is 0 Å². The lowest BCUT2D eigenvalue weighted by atomic mass is 9.75. The molecule has 3 heteroatoms. The van der Waals surface area contributed by atoms with Crippen LogP contribution in [0, 0.1) is 6.92 Å². The summed E-state index contributed by atoms with van der Waals surface area (Å²) in [6, 6.07) is 12.6. The van der Waals surface area contributed by atoms with Crippen molar-refractivity contribution in [2.45, 2.75) is 31.8 Å². The fraction of sp³-hybridized carbons (Fsp3) is 0.278. The van der Waals surface area contributed by atoms with Crippen molar-refractivity contribution in [3.63, 3.8) is 0 Å². The van der Waals surface area contributed by atoms with Crippen molar-refractivity contribution in [2.24, 2.45) is 0 Å². The summed E-state index contributed by atoms with van der Waals surface area (Å²) in [6.07, 6.45) is 4.73. The molecule has 0 atom stereocenters. The number of aliphatic hydroxyl groups is 1. The number of benzene rings is 2. The van der Waals surface area contributed by atoms with E-state index in [0.29, 0.717) is 0 Å². The standard InChI is InChI=1S/C18H18N2O/c1-12-9-17-14(11-19-20-17)10-16(12)13-3-5-15(6-4-13)18(21)7-2-8-18/h3-6,9-11,21H,2,7-8H2,1H3,(H,19,20). The Morgan fingerprint density at radius 2 is 1.90 bits per heavy atom. The molecule has 4 rings (SSSR count). The minimum absolute atomic E-state index is 0.581. The van der Waals surface area contributed by atoms with Crippen LogP contribution in [-0.2, 0) is 5.60 Å². The number of aryl methyl sites for hydroxylation is 1. The van der Waals surface area contributed by atoms with Crippen LogP contribution < -0.4 is 0 Å². The van der Waals surface area contributed by atoms with Gasteiger partial charge in [0.2, 0.25) is 0 Å². The summed E-state index contributed by atoms with van der Waals surface area (Å²) in [6.45, 7) is 2.11. The summed E-state index contributed by atoms with van der Waals surface area (Å²) in [5.41, 5.74) is 5.15. The molecule has 0 spiro atoms. The Labute approximate surface area is 123 Å². The Morgan fingerprint density at radius 1 is 1.14 bits per heavy atom. The zero-order valence-electron chi connectivity index (χ0n) is 12.1. The van der Waals surface area contributed by atoms with Gasteiger partial charge in [-0.2, -0.15) is 5.10 Å². The van der Waals surface area contributed by atoms with E-state index in [0.717, 1.165) is 35.7 Å². The molecule has 1 saturated carbocycles. The Bertz CT molecular complexity index is 798. The topological polar surface area (TPSA) is 48.9 Å². The van der Waals surface area contributed by atoms with Gasteiger partial charge in [-0.15, -0.1) is 0 Å². The molecule has 0 aliphatic heterocycles. The van der Waals surface area contributed by atoms with Gasteiger partial charge in [0, 0.05) is 5.39 Å². The lowest BCUT2D eigenvalue weighted by molar-refractivity contribution is -0.0387. The third kappa shape index (κ3) is 1.96. The highest BCUT2D eigenvalue weighted by Gasteiger charge is 2.35. The van der Waals surface area contributed by atoms with Gasteiger partial charge in [-0.3, -0.25) is 5.10 Å². The van der Waals surface area contributed by atoms with Gasteiger partial charge in [0.05, 0.1) is 17.3 Å². The van der Waals surface area contributed by atoms with Gasteiger partial charge in [-0.1, -0.05) is 24.3 Å². The molecule has 1 aliphatic rings. The highest BCUT2D eigenvalue weighted by atomic mass is 16.3. The number of aromatic nitrogens is 2. The first-order chi connectivity index (χ1) is 10.2. The maximum atomic E-state index is 10.4. The van der Waals surface area contributed by atoms with Gasteiger partial charge < -0.3 is 5.11 Å². The molecule has 2 N–H and O–H groups in total. The smallest absolute Gasteiger partial charge is 0.0896 e. The van der Waals surface area contributed by atoms with E-state index >= 15 is 0 Å². The van der Waals surface area contributed by atoms with Crippen molar-refractivity contribution in [3.05, 3.63) is 53.7 Å². The van der Waals surface area contributed by atoms with Gasteiger partial charge >= 0.3 is 0 Å². The van der Waals surface area contributed by atoms with Crippen molar-refractivity contribution in [3.8, 4) is 11.1 Å². The highest BCUT2D eigenvalue weighted by molar-refractivity contribution is 5.86. The van der Waals surface area contributed by atoms with Crippen LogP contribution in [0.1, 0.15) is 30.4 Å². The average molecular weight is 278 g/mol. The Hall–Kier alpha value is -2.13. The third-order valence-electron chi connectivity index (χ3n) is 4.70. The molecular weight excluding hydrogens is 260 g/mol. The molecule has 106 valence electrons. The predicted octanol–water partition coefficient (Wildman–Crippen LogP) is 3.91. The molecule has 1 aliphatic carbocycles. The second-order valence-electron chi connectivity index (χ2n) is 6.09. The molecule has 1 heterocycles. The SMILES string of the molecule is Cc1cc2[nH]ncc2cc1-c1ccc(C2(O)CCC2)cc1. The minimum atomic E-state index is -0.581. The number of fused-ring (bicyclic) bond motifs is 1. The van der Waals surface area contributed by atoms with E-state index in [4.69, 9.17) is 0 Å². The molecule has 0 unspecified atom stereocenters. The lowest BCUT2D eigenvalue weighted by Crippen LogP contribution is -2.33. The number of nitrogens with one attached hydrogen (secondary N) is 1. The largest absolute Gasteiger partial charge is 0.385 e. The maximum Gasteiger partial charge on any atom is 0.0896 e. The number of aromatic amines is 1. The number of rotatable bonds is 2. The Kier molecular flexibility index (Phi) is 2.66. The molecule has 1 fully saturated rings. The van der Waals surface area contributed by atoms with Crippen LogP contribution >= 0.6 is 0 Å². The first-order valence-corrected chi connectivity index (χ1v) is 7.43. The predicted molar refractivity (Wildman–Crippen MR) is 84.0 cm³/mol. The summed E-state index contributed by atoms with van der Waals surface area (Å²) in [5, 5.41) is 18.6. The molecule has 0 bridgehead atoms. The van der Waals surface area contributed by atoms with Crippen LogP contribution in [0.3, 0.4) is 0 Å². The quantitative estimate of drug-likeness (QED) is 0.746. The monoisotopic (exact) mass is 278 g/mol. The van der Waals surface area contributed by atoms with Crippen LogP contribution in [0.15, 0.2) is 42.6 Å². The molecule has 3 aromatic rings. The normalized spacial score (nSPS) is 16.9. The van der Waals surface area contributed by atoms with E-state index in [1.807, 2.05) is 6.20 Å². The van der Waals surface area contributed by atoms with Crippen LogP contribution in [0.5, 0.6) is 0 Å². The van der Waals surface area contributed by atoms with Crippen molar-refractivity contribution in [1.29, 1.82) is 0 Å². The van der Waals surface area contributed by atoms with E-state index in [1.54, 1.807) is 0 Å². The molecule has 3 nitrogen and oxygen atoms in total. The zero-order chi connectivity index (χ0) is 14.4. The molecule has 0 amide bonds. The zero-order valence-corrected chi connectivity index (χ0v) is 12.1. The molecular formula is C18H18N2O. The lowest BCUT2D eigenvalue weighted by Gasteiger charge is -2.37.